The lowest BCUT2D eigenvalue weighted by Gasteiger charge is -2.27. The third kappa shape index (κ3) is 6.06. The Balaban J connectivity index is 1.66. The number of hydrogen-bond acceptors (Lipinski definition) is 9. The minimum Gasteiger partial charge on any atom is -0.497 e. The van der Waals surface area contributed by atoms with E-state index in [-0.39, 0.29) is 12.2 Å². The van der Waals surface area contributed by atoms with Crippen LogP contribution in [0, 0.1) is 0 Å². The van der Waals surface area contributed by atoms with Crippen molar-refractivity contribution in [1.82, 2.24) is 4.57 Å². The lowest BCUT2D eigenvalue weighted by atomic mass is 9.93. The predicted octanol–water partition coefficient (Wildman–Crippen LogP) is 5.99. The summed E-state index contributed by atoms with van der Waals surface area (Å²) in [6, 6.07) is 15.6. The molecule has 1 atom stereocenters. The number of nitrogens with zero attached hydrogens (tertiary/aromatic N) is 2. The fourth-order valence-electron chi connectivity index (χ4n) is 4.68. The molecule has 2 aromatic carbocycles. The molecule has 0 fully saturated rings. The van der Waals surface area contributed by atoms with E-state index in [0.717, 1.165) is 11.3 Å². The molecule has 0 radical (unpaired) electrons. The van der Waals surface area contributed by atoms with Gasteiger partial charge in [-0.1, -0.05) is 48.0 Å². The van der Waals surface area contributed by atoms with Gasteiger partial charge in [0.2, 0.25) is 0 Å². The average Bonchev–Trinajstić information content (AvgIpc) is 3.56. The van der Waals surface area contributed by atoms with Gasteiger partial charge in [-0.25, -0.2) is 9.79 Å². The van der Waals surface area contributed by atoms with Gasteiger partial charge in [0.25, 0.3) is 5.56 Å². The molecule has 8 nitrogen and oxygen atoms in total. The molecule has 42 heavy (non-hydrogen) atoms. The Morgan fingerprint density at radius 1 is 1.12 bits per heavy atom. The molecule has 0 amide bonds. The monoisotopic (exact) mass is 624 g/mol. The Morgan fingerprint density at radius 3 is 2.60 bits per heavy atom. The van der Waals surface area contributed by atoms with Crippen LogP contribution in [0.3, 0.4) is 0 Å². The van der Waals surface area contributed by atoms with Crippen LogP contribution in [0.2, 0.25) is 5.02 Å². The summed E-state index contributed by atoms with van der Waals surface area (Å²) in [4.78, 5) is 33.8. The number of esters is 1. The van der Waals surface area contributed by atoms with Crippen LogP contribution in [-0.2, 0) is 9.53 Å². The van der Waals surface area contributed by atoms with Crippen molar-refractivity contribution in [1.29, 1.82) is 0 Å². The Kier molecular flexibility index (Phi) is 9.25. The Labute approximate surface area is 255 Å². The summed E-state index contributed by atoms with van der Waals surface area (Å²) in [7, 11) is 3.11. The Bertz CT molecular complexity index is 1820. The molecule has 0 saturated carbocycles. The second-order valence-electron chi connectivity index (χ2n) is 9.23. The van der Waals surface area contributed by atoms with Gasteiger partial charge in [0, 0.05) is 21.6 Å². The van der Waals surface area contributed by atoms with Gasteiger partial charge in [0.15, 0.2) is 9.89 Å². The summed E-state index contributed by atoms with van der Waals surface area (Å²) < 4.78 is 24.6. The zero-order chi connectivity index (χ0) is 29.8. The third-order valence-corrected chi connectivity index (χ3v) is 8.69. The highest BCUT2D eigenvalue weighted by Crippen LogP contribution is 2.39. The largest absolute Gasteiger partial charge is 0.497 e. The second-order valence-corrected chi connectivity index (χ2v) is 11.8. The smallest absolute Gasteiger partial charge is 0.338 e. The Hall–Kier alpha value is -3.73. The predicted molar refractivity (Wildman–Crippen MR) is 163 cm³/mol. The summed E-state index contributed by atoms with van der Waals surface area (Å²) in [5.74, 6) is 1.06. The third-order valence-electron chi connectivity index (χ3n) is 6.53. The van der Waals surface area contributed by atoms with E-state index in [2.05, 4.69) is 0 Å². The molecule has 4 aromatic rings. The van der Waals surface area contributed by atoms with Gasteiger partial charge >= 0.3 is 5.97 Å². The van der Waals surface area contributed by atoms with E-state index < -0.39 is 12.0 Å². The molecule has 1 aliphatic rings. The van der Waals surface area contributed by atoms with Crippen molar-refractivity contribution < 1.29 is 23.4 Å². The Morgan fingerprint density at radius 2 is 1.90 bits per heavy atom. The van der Waals surface area contributed by atoms with E-state index in [1.165, 1.54) is 27.7 Å². The molecule has 1 aliphatic heterocycles. The highest BCUT2D eigenvalue weighted by Gasteiger charge is 2.36. The van der Waals surface area contributed by atoms with E-state index in [4.69, 9.17) is 35.2 Å². The first-order valence-corrected chi connectivity index (χ1v) is 15.3. The summed E-state index contributed by atoms with van der Waals surface area (Å²) in [6.07, 6.45) is 2.98. The summed E-state index contributed by atoms with van der Waals surface area (Å²) in [5.41, 5.74) is 1.17. The number of benzene rings is 2. The van der Waals surface area contributed by atoms with Gasteiger partial charge in [-0.2, -0.15) is 0 Å². The maximum atomic E-state index is 14.1. The van der Waals surface area contributed by atoms with E-state index in [9.17, 15) is 9.59 Å². The molecule has 11 heteroatoms. The molecule has 3 heterocycles. The van der Waals surface area contributed by atoms with Gasteiger partial charge in [-0.05, 0) is 67.9 Å². The van der Waals surface area contributed by atoms with Crippen LogP contribution in [0.4, 0.5) is 0 Å². The number of fused-ring (bicyclic) bond motifs is 1. The standard InChI is InChI=1S/C31H29ClN2O6S2/c1-5-7-23-27(30(36)39-6-2)28(22-16-19(37-3)10-14-24(22)38-4)34-29(35)25(42-31(34)33-23)17-20-11-15-26(40-20)41-21-12-8-18(32)9-13-21/h8-17,28H,5-7H2,1-4H3/b25-17+/t28-/m0/s1. The zero-order valence-corrected chi connectivity index (χ0v) is 25.9. The minimum absolute atomic E-state index is 0.184. The van der Waals surface area contributed by atoms with Crippen LogP contribution in [-0.4, -0.2) is 31.4 Å². The number of carbonyl (C=O) groups is 1. The molecule has 0 aliphatic carbocycles. The number of furan rings is 1. The number of thiazole rings is 1. The number of halogens is 1. The topological polar surface area (TPSA) is 92.3 Å². The average molecular weight is 625 g/mol. The SMILES string of the molecule is CCCC1=C(C(=O)OCC)[C@H](c2cc(OC)ccc2OC)n2c(s/c(=C/c3ccc(Sc4ccc(Cl)cc4)o3)c2=O)=N1. The number of allylic oxidation sites excluding steroid dienone is 1. The van der Waals surface area contributed by atoms with Crippen LogP contribution in [0.5, 0.6) is 11.5 Å². The maximum absolute atomic E-state index is 14.1. The van der Waals surface area contributed by atoms with Crippen molar-refractivity contribution in [3.05, 3.63) is 102 Å². The highest BCUT2D eigenvalue weighted by molar-refractivity contribution is 7.99. The summed E-state index contributed by atoms with van der Waals surface area (Å²) in [6.45, 7) is 3.94. The van der Waals surface area contributed by atoms with Crippen LogP contribution >= 0.6 is 34.7 Å². The number of carbonyl (C=O) groups excluding carboxylic acids is 1. The molecule has 5 rings (SSSR count). The molecule has 2 aromatic heterocycles. The first-order valence-electron chi connectivity index (χ1n) is 13.3. The fraction of sp³-hybridized carbons (Fsp3) is 0.258. The molecule has 0 saturated heterocycles. The van der Waals surface area contributed by atoms with Gasteiger partial charge in [-0.3, -0.25) is 9.36 Å². The van der Waals surface area contributed by atoms with Gasteiger partial charge in [0.1, 0.15) is 23.3 Å². The number of hydrogen-bond donors (Lipinski definition) is 0. The van der Waals surface area contributed by atoms with E-state index in [1.807, 2.05) is 43.3 Å². The minimum atomic E-state index is -0.832. The first kappa shape index (κ1) is 29.8. The van der Waals surface area contributed by atoms with E-state index in [1.54, 1.807) is 45.4 Å². The lowest BCUT2D eigenvalue weighted by molar-refractivity contribution is -0.139. The molecular formula is C31H29ClN2O6S2. The molecule has 0 unspecified atom stereocenters. The van der Waals surface area contributed by atoms with E-state index in [0.29, 0.717) is 60.0 Å². The van der Waals surface area contributed by atoms with Crippen molar-refractivity contribution in [2.75, 3.05) is 20.8 Å². The van der Waals surface area contributed by atoms with Crippen LogP contribution in [0.15, 0.2) is 90.1 Å². The first-order chi connectivity index (χ1) is 20.4. The zero-order valence-electron chi connectivity index (χ0n) is 23.5. The van der Waals surface area contributed by atoms with Gasteiger partial charge < -0.3 is 18.6 Å². The lowest BCUT2D eigenvalue weighted by Crippen LogP contribution is -2.40. The maximum Gasteiger partial charge on any atom is 0.338 e. The van der Waals surface area contributed by atoms with Crippen LogP contribution in [0.1, 0.15) is 44.1 Å². The number of rotatable bonds is 10. The van der Waals surface area contributed by atoms with Crippen LogP contribution in [0.25, 0.3) is 6.08 Å². The van der Waals surface area contributed by atoms with Crippen molar-refractivity contribution in [3.8, 4) is 11.5 Å². The quantitative estimate of drug-likeness (QED) is 0.200. The number of aromatic nitrogens is 1. The normalized spacial score (nSPS) is 14.9. The van der Waals surface area contributed by atoms with Crippen LogP contribution < -0.4 is 24.4 Å². The molecule has 218 valence electrons. The highest BCUT2D eigenvalue weighted by atomic mass is 35.5. The van der Waals surface area contributed by atoms with Crippen molar-refractivity contribution in [3.63, 3.8) is 0 Å². The van der Waals surface area contributed by atoms with E-state index >= 15 is 0 Å². The molecule has 0 bridgehead atoms. The van der Waals surface area contributed by atoms with Crippen molar-refractivity contribution in [2.45, 2.75) is 42.7 Å². The molecular weight excluding hydrogens is 596 g/mol. The molecule has 0 spiro atoms. The second kappa shape index (κ2) is 13.1. The molecule has 0 N–H and O–H groups in total. The number of ether oxygens (including phenoxy) is 3. The van der Waals surface area contributed by atoms with Gasteiger partial charge in [0.05, 0.1) is 36.6 Å². The summed E-state index contributed by atoms with van der Waals surface area (Å²) in [5, 5.41) is 1.33. The summed E-state index contributed by atoms with van der Waals surface area (Å²) >= 11 is 8.69. The van der Waals surface area contributed by atoms with Crippen molar-refractivity contribution in [2.24, 2.45) is 4.99 Å². The van der Waals surface area contributed by atoms with Gasteiger partial charge in [-0.15, -0.1) is 0 Å². The number of methoxy groups -OCH3 is 2. The fourth-order valence-corrected chi connectivity index (χ4v) is 6.59. The van der Waals surface area contributed by atoms with Crippen molar-refractivity contribution >= 4 is 46.7 Å².